The summed E-state index contributed by atoms with van der Waals surface area (Å²) in [5.41, 5.74) is 12.5. The summed E-state index contributed by atoms with van der Waals surface area (Å²) in [6, 6.07) is 24.4. The number of hydrogen-bond donors (Lipinski definition) is 2. The molecule has 1 atom stereocenters. The van der Waals surface area contributed by atoms with Gasteiger partial charge in [0.2, 0.25) is 0 Å². The lowest BCUT2D eigenvalue weighted by Gasteiger charge is -2.18. The Morgan fingerprint density at radius 3 is 2.39 bits per heavy atom. The minimum Gasteiger partial charge on any atom is -0.442 e. The maximum absolute atomic E-state index is 5.87. The Balaban J connectivity index is 1.58. The predicted molar refractivity (Wildman–Crippen MR) is 142 cm³/mol. The molecule has 3 aromatic carbocycles. The molecular formula is C30H36N2O. The number of aryl methyl sites for hydroxylation is 1. The van der Waals surface area contributed by atoms with Crippen LogP contribution in [-0.4, -0.2) is 0 Å². The number of allylic oxidation sites excluding steroid dienone is 1. The number of benzene rings is 3. The van der Waals surface area contributed by atoms with Crippen molar-refractivity contribution in [3.63, 3.8) is 0 Å². The summed E-state index contributed by atoms with van der Waals surface area (Å²) in [7, 11) is 0. The van der Waals surface area contributed by atoms with Crippen LogP contribution in [0.5, 0.6) is 5.75 Å². The van der Waals surface area contributed by atoms with Gasteiger partial charge in [-0.15, -0.1) is 0 Å². The summed E-state index contributed by atoms with van der Waals surface area (Å²) < 4.78 is 5.80. The first-order chi connectivity index (χ1) is 16.0. The molecule has 0 bridgehead atoms. The molecule has 3 rings (SSSR count). The molecule has 172 valence electrons. The van der Waals surface area contributed by atoms with Crippen LogP contribution in [0.1, 0.15) is 61.6 Å². The maximum atomic E-state index is 5.87. The zero-order chi connectivity index (χ0) is 23.6. The monoisotopic (exact) mass is 440 g/mol. The molecule has 0 heterocycles. The van der Waals surface area contributed by atoms with Crippen LogP contribution in [0, 0.1) is 6.92 Å². The second kappa shape index (κ2) is 12.0. The van der Waals surface area contributed by atoms with E-state index in [-0.39, 0.29) is 0 Å². The van der Waals surface area contributed by atoms with Crippen molar-refractivity contribution in [3.05, 3.63) is 109 Å². The number of para-hydroxylation sites is 1. The number of nitrogens with one attached hydrogen (secondary N) is 1. The van der Waals surface area contributed by atoms with Gasteiger partial charge in [0, 0.05) is 11.4 Å². The summed E-state index contributed by atoms with van der Waals surface area (Å²) in [5, 5.41) is 3.30. The average molecular weight is 441 g/mol. The zero-order valence-corrected chi connectivity index (χ0v) is 19.9. The van der Waals surface area contributed by atoms with Crippen molar-refractivity contribution < 1.29 is 4.74 Å². The van der Waals surface area contributed by atoms with Gasteiger partial charge in [0.1, 0.15) is 5.75 Å². The number of nitrogen functional groups attached to an aromatic ring is 1. The highest BCUT2D eigenvalue weighted by Gasteiger charge is 2.12. The van der Waals surface area contributed by atoms with Crippen molar-refractivity contribution in [3.8, 4) is 5.75 Å². The third-order valence-corrected chi connectivity index (χ3v) is 5.98. The molecule has 1 unspecified atom stereocenters. The topological polar surface area (TPSA) is 47.3 Å². The lowest BCUT2D eigenvalue weighted by molar-refractivity contribution is 0.435. The average Bonchev–Trinajstić information content (AvgIpc) is 2.81. The molecule has 3 heteroatoms. The molecule has 3 nitrogen and oxygen atoms in total. The van der Waals surface area contributed by atoms with Crippen molar-refractivity contribution in [2.45, 2.75) is 51.9 Å². The van der Waals surface area contributed by atoms with Gasteiger partial charge in [-0.2, -0.15) is 0 Å². The Kier molecular flexibility index (Phi) is 8.77. The fourth-order valence-corrected chi connectivity index (χ4v) is 4.08. The van der Waals surface area contributed by atoms with E-state index in [0.717, 1.165) is 53.1 Å². The molecule has 3 aromatic rings. The highest BCUT2D eigenvalue weighted by atomic mass is 16.5. The van der Waals surface area contributed by atoms with E-state index < -0.39 is 0 Å². The minimum atomic E-state index is 0.498. The Morgan fingerprint density at radius 2 is 1.70 bits per heavy atom. The van der Waals surface area contributed by atoms with Crippen molar-refractivity contribution in [1.82, 2.24) is 0 Å². The fourth-order valence-electron chi connectivity index (χ4n) is 4.08. The quantitative estimate of drug-likeness (QED) is 0.220. The van der Waals surface area contributed by atoms with Crippen molar-refractivity contribution >= 4 is 16.9 Å². The standard InChI is InChI=1S/C30H36N2O/c1-5-10-25(26-17-19-28(31)20-18-26)12-9-11-22(2)27-16-15-23(3)30(21-27)32-24(4)33-29-13-7-6-8-14-29/h6-8,13-21,25,32H,2,4-5,9-12,31H2,1,3H3. The molecule has 0 saturated carbocycles. The molecule has 0 aliphatic rings. The summed E-state index contributed by atoms with van der Waals surface area (Å²) in [6.45, 7) is 12.7. The molecule has 0 spiro atoms. The van der Waals surface area contributed by atoms with Gasteiger partial charge in [0.25, 0.3) is 0 Å². The van der Waals surface area contributed by atoms with Crippen LogP contribution >= 0.6 is 0 Å². The van der Waals surface area contributed by atoms with Crippen molar-refractivity contribution in [2.75, 3.05) is 11.1 Å². The van der Waals surface area contributed by atoms with Crippen LogP contribution in [0.2, 0.25) is 0 Å². The first-order valence-electron chi connectivity index (χ1n) is 11.8. The second-order valence-electron chi connectivity index (χ2n) is 8.64. The number of nitrogens with two attached hydrogens (primary N) is 1. The number of hydrogen-bond acceptors (Lipinski definition) is 3. The van der Waals surface area contributed by atoms with Crippen LogP contribution in [0.3, 0.4) is 0 Å². The second-order valence-corrected chi connectivity index (χ2v) is 8.64. The SMILES string of the molecule is C=C(Nc1cc(C(=C)CCCC(CCC)c2ccc(N)cc2)ccc1C)Oc1ccccc1. The number of anilines is 2. The van der Waals surface area contributed by atoms with E-state index in [0.29, 0.717) is 11.8 Å². The van der Waals surface area contributed by atoms with Gasteiger partial charge in [0.05, 0.1) is 0 Å². The predicted octanol–water partition coefficient (Wildman–Crippen LogP) is 8.31. The molecular weight excluding hydrogens is 404 g/mol. The van der Waals surface area contributed by atoms with Crippen LogP contribution in [0.4, 0.5) is 11.4 Å². The lowest BCUT2D eigenvalue weighted by Crippen LogP contribution is -2.06. The summed E-state index contributed by atoms with van der Waals surface area (Å²) in [4.78, 5) is 0. The molecule has 0 aromatic heterocycles. The largest absolute Gasteiger partial charge is 0.442 e. The molecule has 3 N–H and O–H groups in total. The van der Waals surface area contributed by atoms with E-state index in [1.165, 1.54) is 18.4 Å². The summed E-state index contributed by atoms with van der Waals surface area (Å²) in [5.74, 6) is 1.83. The van der Waals surface area contributed by atoms with E-state index in [2.05, 4.69) is 62.7 Å². The molecule has 0 aliphatic carbocycles. The summed E-state index contributed by atoms with van der Waals surface area (Å²) in [6.07, 6.45) is 5.60. The molecule has 33 heavy (non-hydrogen) atoms. The van der Waals surface area contributed by atoms with Gasteiger partial charge < -0.3 is 15.8 Å². The van der Waals surface area contributed by atoms with Crippen molar-refractivity contribution in [1.29, 1.82) is 0 Å². The Bertz CT molecular complexity index is 1050. The third-order valence-electron chi connectivity index (χ3n) is 5.98. The van der Waals surface area contributed by atoms with Gasteiger partial charge >= 0.3 is 0 Å². The molecule has 0 saturated heterocycles. The van der Waals surface area contributed by atoms with E-state index in [4.69, 9.17) is 10.5 Å². The third kappa shape index (κ3) is 7.28. The van der Waals surface area contributed by atoms with E-state index in [1.807, 2.05) is 42.5 Å². The van der Waals surface area contributed by atoms with Gasteiger partial charge in [-0.25, -0.2) is 0 Å². The first kappa shape index (κ1) is 24.2. The van der Waals surface area contributed by atoms with Crippen LogP contribution in [-0.2, 0) is 0 Å². The van der Waals surface area contributed by atoms with Gasteiger partial charge in [-0.1, -0.05) is 62.4 Å². The van der Waals surface area contributed by atoms with Gasteiger partial charge in [0.15, 0.2) is 5.88 Å². The molecule has 0 amide bonds. The van der Waals surface area contributed by atoms with E-state index in [9.17, 15) is 0 Å². The van der Waals surface area contributed by atoms with E-state index in [1.54, 1.807) is 0 Å². The normalized spacial score (nSPS) is 11.6. The Hall–Kier alpha value is -3.46. The number of rotatable bonds is 12. The fraction of sp³-hybridized carbons (Fsp3) is 0.267. The molecule has 0 radical (unpaired) electrons. The molecule has 0 aliphatic heterocycles. The minimum absolute atomic E-state index is 0.498. The van der Waals surface area contributed by atoms with Crippen LogP contribution < -0.4 is 15.8 Å². The summed E-state index contributed by atoms with van der Waals surface area (Å²) >= 11 is 0. The van der Waals surface area contributed by atoms with Gasteiger partial charge in [-0.05, 0) is 97.7 Å². The highest BCUT2D eigenvalue weighted by Crippen LogP contribution is 2.31. The lowest BCUT2D eigenvalue weighted by atomic mass is 9.88. The van der Waals surface area contributed by atoms with E-state index >= 15 is 0 Å². The zero-order valence-electron chi connectivity index (χ0n) is 19.9. The van der Waals surface area contributed by atoms with Crippen molar-refractivity contribution in [2.24, 2.45) is 0 Å². The maximum Gasteiger partial charge on any atom is 0.190 e. The van der Waals surface area contributed by atoms with Crippen LogP contribution in [0.15, 0.2) is 91.8 Å². The highest BCUT2D eigenvalue weighted by molar-refractivity contribution is 5.69. The van der Waals surface area contributed by atoms with Gasteiger partial charge in [-0.3, -0.25) is 0 Å². The Morgan fingerprint density at radius 1 is 0.970 bits per heavy atom. The number of ether oxygens (including phenoxy) is 1. The Labute approximate surface area is 199 Å². The molecule has 0 fully saturated rings. The van der Waals surface area contributed by atoms with Crippen LogP contribution in [0.25, 0.3) is 5.57 Å². The first-order valence-corrected chi connectivity index (χ1v) is 11.8. The smallest absolute Gasteiger partial charge is 0.190 e.